The Balaban J connectivity index is 1.74. The van der Waals surface area contributed by atoms with Gasteiger partial charge in [-0.15, -0.1) is 0 Å². The number of nitriles is 2. The van der Waals surface area contributed by atoms with Gasteiger partial charge in [0.05, 0.1) is 24.6 Å². The van der Waals surface area contributed by atoms with Gasteiger partial charge in [-0.3, -0.25) is 9.80 Å². The van der Waals surface area contributed by atoms with Crippen molar-refractivity contribution in [3.63, 3.8) is 0 Å². The lowest BCUT2D eigenvalue weighted by Gasteiger charge is -2.35. The predicted octanol–water partition coefficient (Wildman–Crippen LogP) is 0.981. The van der Waals surface area contributed by atoms with Gasteiger partial charge in [0.25, 0.3) is 0 Å². The van der Waals surface area contributed by atoms with Gasteiger partial charge in [-0.25, -0.2) is 4.98 Å². The van der Waals surface area contributed by atoms with Crippen LogP contribution in [0.15, 0.2) is 12.4 Å². The van der Waals surface area contributed by atoms with Crippen LogP contribution in [0.4, 0.5) is 0 Å². The van der Waals surface area contributed by atoms with Gasteiger partial charge in [0.1, 0.15) is 5.82 Å². The Morgan fingerprint density at radius 1 is 1.24 bits per heavy atom. The van der Waals surface area contributed by atoms with Crippen molar-refractivity contribution >= 4 is 0 Å². The summed E-state index contributed by atoms with van der Waals surface area (Å²) in [6, 6.07) is 4.44. The van der Waals surface area contributed by atoms with E-state index in [1.165, 1.54) is 0 Å². The SMILES string of the molecule is Cn1ccnc1CN1CCN(C[C@H](C#N)CCC#N)CC1. The molecular weight excluding hydrogens is 264 g/mol. The Labute approximate surface area is 126 Å². The second-order valence-electron chi connectivity index (χ2n) is 5.55. The highest BCUT2D eigenvalue weighted by atomic mass is 15.3. The average Bonchev–Trinajstić information content (AvgIpc) is 2.90. The van der Waals surface area contributed by atoms with Crippen LogP contribution in [0.2, 0.25) is 0 Å². The molecule has 1 aromatic rings. The first-order valence-corrected chi connectivity index (χ1v) is 7.40. The van der Waals surface area contributed by atoms with Crippen molar-refractivity contribution in [3.8, 4) is 12.1 Å². The smallest absolute Gasteiger partial charge is 0.122 e. The summed E-state index contributed by atoms with van der Waals surface area (Å²) in [5, 5.41) is 17.7. The van der Waals surface area contributed by atoms with Crippen molar-refractivity contribution in [2.24, 2.45) is 13.0 Å². The molecule has 0 saturated carbocycles. The summed E-state index contributed by atoms with van der Waals surface area (Å²) in [5.74, 6) is 1.07. The van der Waals surface area contributed by atoms with E-state index in [0.717, 1.165) is 45.1 Å². The Hall–Kier alpha value is -1.89. The van der Waals surface area contributed by atoms with E-state index in [9.17, 15) is 0 Å². The van der Waals surface area contributed by atoms with Crippen LogP contribution >= 0.6 is 0 Å². The van der Waals surface area contributed by atoms with Gasteiger partial charge in [0, 0.05) is 58.6 Å². The second kappa shape index (κ2) is 7.78. The first-order valence-electron chi connectivity index (χ1n) is 7.40. The maximum absolute atomic E-state index is 9.13. The van der Waals surface area contributed by atoms with Crippen LogP contribution < -0.4 is 0 Å². The minimum Gasteiger partial charge on any atom is -0.337 e. The van der Waals surface area contributed by atoms with E-state index in [1.807, 2.05) is 19.4 Å². The number of aromatic nitrogens is 2. The Morgan fingerprint density at radius 2 is 1.95 bits per heavy atom. The van der Waals surface area contributed by atoms with E-state index < -0.39 is 0 Å². The van der Waals surface area contributed by atoms with Crippen LogP contribution in [-0.2, 0) is 13.6 Å². The average molecular weight is 286 g/mol. The number of hydrogen-bond donors (Lipinski definition) is 0. The maximum Gasteiger partial charge on any atom is 0.122 e. The molecule has 0 spiro atoms. The molecule has 0 amide bonds. The molecule has 2 heterocycles. The Morgan fingerprint density at radius 3 is 2.52 bits per heavy atom. The number of piperazine rings is 1. The third-order valence-corrected chi connectivity index (χ3v) is 4.02. The van der Waals surface area contributed by atoms with Crippen molar-refractivity contribution < 1.29 is 0 Å². The monoisotopic (exact) mass is 286 g/mol. The predicted molar refractivity (Wildman–Crippen MR) is 78.9 cm³/mol. The molecule has 2 rings (SSSR count). The summed E-state index contributed by atoms with van der Waals surface area (Å²) in [7, 11) is 2.02. The standard InChI is InChI=1S/C15H22N6/c1-19-6-5-18-15(19)13-21-9-7-20(8-10-21)12-14(11-17)3-2-4-16/h5-6,14H,2-3,7-10,12-13H2,1H3/t14-/m0/s1. The third kappa shape index (κ3) is 4.56. The maximum atomic E-state index is 9.13. The third-order valence-electron chi connectivity index (χ3n) is 4.02. The molecule has 1 aromatic heterocycles. The summed E-state index contributed by atoms with van der Waals surface area (Å²) in [6.07, 6.45) is 4.95. The lowest BCUT2D eigenvalue weighted by Crippen LogP contribution is -2.47. The molecule has 0 bridgehead atoms. The molecule has 0 N–H and O–H groups in total. The molecule has 0 radical (unpaired) electrons. The topological polar surface area (TPSA) is 71.9 Å². The number of imidazole rings is 1. The van der Waals surface area contributed by atoms with Crippen LogP contribution in [0.25, 0.3) is 0 Å². The zero-order valence-corrected chi connectivity index (χ0v) is 12.6. The van der Waals surface area contributed by atoms with Gasteiger partial charge < -0.3 is 4.57 Å². The first kappa shape index (κ1) is 15.5. The van der Waals surface area contributed by atoms with Crippen molar-refractivity contribution in [2.75, 3.05) is 32.7 Å². The minimum atomic E-state index is -0.0225. The lowest BCUT2D eigenvalue weighted by atomic mass is 10.0. The number of nitrogens with zero attached hydrogens (tertiary/aromatic N) is 6. The van der Waals surface area contributed by atoms with E-state index >= 15 is 0 Å². The van der Waals surface area contributed by atoms with E-state index in [0.29, 0.717) is 12.8 Å². The molecule has 1 aliphatic rings. The fourth-order valence-electron chi connectivity index (χ4n) is 2.63. The number of hydrogen-bond acceptors (Lipinski definition) is 5. The molecule has 112 valence electrons. The lowest BCUT2D eigenvalue weighted by molar-refractivity contribution is 0.116. The van der Waals surface area contributed by atoms with Crippen LogP contribution in [0.3, 0.4) is 0 Å². The molecule has 6 heteroatoms. The van der Waals surface area contributed by atoms with Crippen molar-refractivity contribution in [2.45, 2.75) is 19.4 Å². The second-order valence-corrected chi connectivity index (χ2v) is 5.55. The molecular formula is C15H22N6. The quantitative estimate of drug-likeness (QED) is 0.779. The fourth-order valence-corrected chi connectivity index (χ4v) is 2.63. The highest BCUT2D eigenvalue weighted by Crippen LogP contribution is 2.11. The van der Waals surface area contributed by atoms with Gasteiger partial charge in [-0.05, 0) is 6.42 Å². The molecule has 1 saturated heterocycles. The summed E-state index contributed by atoms with van der Waals surface area (Å²) in [4.78, 5) is 9.09. The minimum absolute atomic E-state index is 0.0225. The van der Waals surface area contributed by atoms with Gasteiger partial charge in [0.15, 0.2) is 0 Å². The molecule has 1 atom stereocenters. The van der Waals surface area contributed by atoms with Crippen molar-refractivity contribution in [1.82, 2.24) is 19.4 Å². The molecule has 1 aliphatic heterocycles. The molecule has 0 unspecified atom stereocenters. The van der Waals surface area contributed by atoms with Crippen LogP contribution in [0.1, 0.15) is 18.7 Å². The van der Waals surface area contributed by atoms with Crippen molar-refractivity contribution in [1.29, 1.82) is 10.5 Å². The van der Waals surface area contributed by atoms with Gasteiger partial charge in [-0.2, -0.15) is 10.5 Å². The Kier molecular flexibility index (Phi) is 5.74. The highest BCUT2D eigenvalue weighted by Gasteiger charge is 2.20. The summed E-state index contributed by atoms with van der Waals surface area (Å²) in [6.45, 7) is 5.64. The number of rotatable bonds is 6. The largest absolute Gasteiger partial charge is 0.337 e. The molecule has 6 nitrogen and oxygen atoms in total. The van der Waals surface area contributed by atoms with Crippen LogP contribution in [0.5, 0.6) is 0 Å². The molecule has 1 fully saturated rings. The normalized spacial score (nSPS) is 18.0. The van der Waals surface area contributed by atoms with Crippen molar-refractivity contribution in [3.05, 3.63) is 18.2 Å². The number of aryl methyl sites for hydroxylation is 1. The first-order chi connectivity index (χ1) is 10.2. The zero-order chi connectivity index (χ0) is 15.1. The summed E-state index contributed by atoms with van der Waals surface area (Å²) in [5.41, 5.74) is 0. The van der Waals surface area contributed by atoms with E-state index in [-0.39, 0.29) is 5.92 Å². The van der Waals surface area contributed by atoms with E-state index in [4.69, 9.17) is 10.5 Å². The summed E-state index contributed by atoms with van der Waals surface area (Å²) < 4.78 is 2.06. The van der Waals surface area contributed by atoms with Gasteiger partial charge in [0.2, 0.25) is 0 Å². The fraction of sp³-hybridized carbons (Fsp3) is 0.667. The molecule has 0 aliphatic carbocycles. The highest BCUT2D eigenvalue weighted by molar-refractivity contribution is 4.93. The summed E-state index contributed by atoms with van der Waals surface area (Å²) >= 11 is 0. The molecule has 0 aromatic carbocycles. The Bertz CT molecular complexity index is 515. The van der Waals surface area contributed by atoms with E-state index in [1.54, 1.807) is 0 Å². The van der Waals surface area contributed by atoms with Gasteiger partial charge in [-0.1, -0.05) is 0 Å². The molecule has 21 heavy (non-hydrogen) atoms. The van der Waals surface area contributed by atoms with Crippen LogP contribution in [-0.4, -0.2) is 52.1 Å². The van der Waals surface area contributed by atoms with Gasteiger partial charge >= 0.3 is 0 Å². The zero-order valence-electron chi connectivity index (χ0n) is 12.6. The van der Waals surface area contributed by atoms with Crippen LogP contribution in [0, 0.1) is 28.6 Å². The van der Waals surface area contributed by atoms with E-state index in [2.05, 4.69) is 31.5 Å².